The molecular weight excluding hydrogens is 494 g/mol. The third-order valence-corrected chi connectivity index (χ3v) is 5.80. The normalized spacial score (nSPS) is 15.6. The lowest BCUT2D eigenvalue weighted by Gasteiger charge is -2.36. The van der Waals surface area contributed by atoms with Crippen molar-refractivity contribution < 1.29 is 19.1 Å². The van der Waals surface area contributed by atoms with Crippen molar-refractivity contribution >= 4 is 51.0 Å². The fraction of sp³-hybridized carbons (Fsp3) is 0.304. The lowest BCUT2D eigenvalue weighted by atomic mass is 10.1. The Hall–Kier alpha value is -2.78. The molecule has 2 N–H and O–H groups in total. The Kier molecular flexibility index (Phi) is 8.75. The quantitative estimate of drug-likeness (QED) is 0.333. The summed E-state index contributed by atoms with van der Waals surface area (Å²) in [5.41, 5.74) is 1.60. The molecule has 1 fully saturated rings. The topological polar surface area (TPSA) is 87.7 Å². The fourth-order valence-corrected chi connectivity index (χ4v) is 4.07. The lowest BCUT2D eigenvalue weighted by molar-refractivity contribution is -0.147. The minimum atomic E-state index is -0.833. The third-order valence-electron chi connectivity index (χ3n) is 4.97. The van der Waals surface area contributed by atoms with Gasteiger partial charge in [-0.15, -0.1) is 0 Å². The molecule has 1 aliphatic rings. The molecule has 2 amide bonds. The van der Waals surface area contributed by atoms with E-state index in [1.807, 2.05) is 36.4 Å². The average Bonchev–Trinajstić information content (AvgIpc) is 2.78. The van der Waals surface area contributed by atoms with Crippen LogP contribution in [0.3, 0.4) is 0 Å². The summed E-state index contributed by atoms with van der Waals surface area (Å²) in [5.74, 6) is -1.19. The second-order valence-electron chi connectivity index (χ2n) is 7.28. The number of benzene rings is 2. The van der Waals surface area contributed by atoms with Crippen molar-refractivity contribution in [3.05, 3.63) is 70.2 Å². The van der Waals surface area contributed by atoms with Gasteiger partial charge in [-0.05, 0) is 48.8 Å². The van der Waals surface area contributed by atoms with E-state index in [1.165, 1.54) is 5.56 Å². The summed E-state index contributed by atoms with van der Waals surface area (Å²) >= 11 is 8.71. The summed E-state index contributed by atoms with van der Waals surface area (Å²) in [5, 5.41) is 5.49. The van der Waals surface area contributed by atoms with E-state index in [2.05, 4.69) is 26.6 Å². The van der Waals surface area contributed by atoms with Gasteiger partial charge in [-0.1, -0.05) is 52.3 Å². The van der Waals surface area contributed by atoms with Crippen LogP contribution in [0.2, 0.25) is 0 Å². The number of carbonyl (C=O) groups is 3. The number of thiocarbonyl (C=S) groups is 1. The molecule has 168 valence electrons. The van der Waals surface area contributed by atoms with E-state index in [-0.39, 0.29) is 30.0 Å². The number of esters is 1. The molecular formula is C23H24BrN3O4S. The summed E-state index contributed by atoms with van der Waals surface area (Å²) in [4.78, 5) is 38.9. The van der Waals surface area contributed by atoms with Gasteiger partial charge in [0.15, 0.2) is 5.11 Å². The number of rotatable bonds is 7. The first kappa shape index (κ1) is 23.9. The van der Waals surface area contributed by atoms with E-state index in [4.69, 9.17) is 17.0 Å². The summed E-state index contributed by atoms with van der Waals surface area (Å²) in [6.45, 7) is 1.02. The molecule has 1 unspecified atom stereocenters. The van der Waals surface area contributed by atoms with Gasteiger partial charge in [-0.25, -0.2) is 0 Å². The van der Waals surface area contributed by atoms with Crippen LogP contribution in [0.15, 0.2) is 59.1 Å². The summed E-state index contributed by atoms with van der Waals surface area (Å²) < 4.78 is 6.09. The molecule has 9 heteroatoms. The molecule has 0 radical (unpaired) electrons. The van der Waals surface area contributed by atoms with Gasteiger partial charge in [0.05, 0.1) is 13.0 Å². The largest absolute Gasteiger partial charge is 0.466 e. The molecule has 0 aromatic heterocycles. The summed E-state index contributed by atoms with van der Waals surface area (Å²) in [6, 6.07) is 16.0. The van der Waals surface area contributed by atoms with Gasteiger partial charge in [0, 0.05) is 23.1 Å². The van der Waals surface area contributed by atoms with Crippen molar-refractivity contribution in [2.24, 2.45) is 0 Å². The molecule has 0 spiro atoms. The van der Waals surface area contributed by atoms with E-state index in [1.54, 1.807) is 23.1 Å². The molecule has 0 aliphatic carbocycles. The molecule has 1 atom stereocenters. The van der Waals surface area contributed by atoms with Crippen LogP contribution < -0.4 is 10.6 Å². The predicted molar refractivity (Wildman–Crippen MR) is 128 cm³/mol. The van der Waals surface area contributed by atoms with Crippen molar-refractivity contribution in [1.82, 2.24) is 15.5 Å². The Labute approximate surface area is 200 Å². The van der Waals surface area contributed by atoms with E-state index >= 15 is 0 Å². The fourth-order valence-electron chi connectivity index (χ4n) is 3.36. The number of amides is 2. The van der Waals surface area contributed by atoms with Crippen LogP contribution in [0.5, 0.6) is 0 Å². The minimum Gasteiger partial charge on any atom is -0.466 e. The molecule has 0 saturated carbocycles. The standard InChI is InChI=1S/C23H24BrN3O4S/c24-18-10-4-9-17(14-18)21(29)26-23(32)27-12-11-25-22(30)19(27)15-20(28)31-13-5-8-16-6-2-1-3-7-16/h1-4,6-7,9-10,14,19H,5,8,11-13,15H2,(H,25,30)(H,26,29,32). The van der Waals surface area contributed by atoms with E-state index in [0.29, 0.717) is 25.1 Å². The van der Waals surface area contributed by atoms with Gasteiger partial charge in [0.2, 0.25) is 5.91 Å². The third kappa shape index (κ3) is 6.86. The highest BCUT2D eigenvalue weighted by molar-refractivity contribution is 9.10. The van der Waals surface area contributed by atoms with Crippen molar-refractivity contribution in [3.63, 3.8) is 0 Å². The highest BCUT2D eigenvalue weighted by Crippen LogP contribution is 2.14. The SMILES string of the molecule is O=C(CC1C(=O)NCCN1C(=S)NC(=O)c1cccc(Br)c1)OCCCc1ccccc1. The zero-order valence-electron chi connectivity index (χ0n) is 17.4. The number of piperazine rings is 1. The van der Waals surface area contributed by atoms with Gasteiger partial charge in [-0.3, -0.25) is 19.7 Å². The van der Waals surface area contributed by atoms with Gasteiger partial charge in [0.25, 0.3) is 5.91 Å². The van der Waals surface area contributed by atoms with Crippen LogP contribution in [0.25, 0.3) is 0 Å². The van der Waals surface area contributed by atoms with Crippen molar-refractivity contribution in [2.45, 2.75) is 25.3 Å². The van der Waals surface area contributed by atoms with Crippen molar-refractivity contribution in [3.8, 4) is 0 Å². The number of nitrogens with zero attached hydrogens (tertiary/aromatic N) is 1. The van der Waals surface area contributed by atoms with Crippen LogP contribution in [0.4, 0.5) is 0 Å². The number of carbonyl (C=O) groups excluding carboxylic acids is 3. The second-order valence-corrected chi connectivity index (χ2v) is 8.59. The Morgan fingerprint density at radius 1 is 1.19 bits per heavy atom. The minimum absolute atomic E-state index is 0.103. The van der Waals surface area contributed by atoms with E-state index < -0.39 is 12.0 Å². The molecule has 2 aromatic carbocycles. The van der Waals surface area contributed by atoms with Gasteiger partial charge in [0.1, 0.15) is 6.04 Å². The number of halogens is 1. The molecule has 32 heavy (non-hydrogen) atoms. The van der Waals surface area contributed by atoms with Crippen LogP contribution in [0.1, 0.15) is 28.8 Å². The molecule has 3 rings (SSSR count). The number of nitrogens with one attached hydrogen (secondary N) is 2. The number of aryl methyl sites for hydroxylation is 1. The molecule has 1 saturated heterocycles. The monoisotopic (exact) mass is 517 g/mol. The Morgan fingerprint density at radius 2 is 1.97 bits per heavy atom. The smallest absolute Gasteiger partial charge is 0.308 e. The molecule has 2 aromatic rings. The zero-order valence-corrected chi connectivity index (χ0v) is 19.8. The van der Waals surface area contributed by atoms with Gasteiger partial charge >= 0.3 is 5.97 Å². The molecule has 1 heterocycles. The van der Waals surface area contributed by atoms with Crippen LogP contribution in [0, 0.1) is 0 Å². The van der Waals surface area contributed by atoms with E-state index in [0.717, 1.165) is 10.9 Å². The summed E-state index contributed by atoms with van der Waals surface area (Å²) in [7, 11) is 0. The second kappa shape index (κ2) is 11.7. The highest BCUT2D eigenvalue weighted by atomic mass is 79.9. The molecule has 7 nitrogen and oxygen atoms in total. The lowest BCUT2D eigenvalue weighted by Crippen LogP contribution is -2.60. The Bertz CT molecular complexity index is 986. The van der Waals surface area contributed by atoms with Crippen LogP contribution in [-0.4, -0.2) is 53.5 Å². The first-order chi connectivity index (χ1) is 15.4. The number of hydrogen-bond acceptors (Lipinski definition) is 5. The van der Waals surface area contributed by atoms with Gasteiger partial charge in [-0.2, -0.15) is 0 Å². The Morgan fingerprint density at radius 3 is 2.72 bits per heavy atom. The number of hydrogen-bond donors (Lipinski definition) is 2. The highest BCUT2D eigenvalue weighted by Gasteiger charge is 2.34. The van der Waals surface area contributed by atoms with Crippen molar-refractivity contribution in [2.75, 3.05) is 19.7 Å². The first-order valence-corrected chi connectivity index (χ1v) is 11.5. The van der Waals surface area contributed by atoms with Gasteiger partial charge < -0.3 is 15.0 Å². The maximum atomic E-state index is 12.5. The zero-order chi connectivity index (χ0) is 22.9. The summed E-state index contributed by atoms with van der Waals surface area (Å²) in [6.07, 6.45) is 1.34. The molecule has 1 aliphatic heterocycles. The van der Waals surface area contributed by atoms with Crippen LogP contribution >= 0.6 is 28.1 Å². The predicted octanol–water partition coefficient (Wildman–Crippen LogP) is 2.83. The van der Waals surface area contributed by atoms with E-state index in [9.17, 15) is 14.4 Å². The van der Waals surface area contributed by atoms with Crippen LogP contribution in [-0.2, 0) is 20.7 Å². The number of ether oxygens (including phenoxy) is 1. The first-order valence-electron chi connectivity index (χ1n) is 10.3. The maximum absolute atomic E-state index is 12.5. The molecule has 0 bridgehead atoms. The maximum Gasteiger partial charge on any atom is 0.308 e. The van der Waals surface area contributed by atoms with Crippen molar-refractivity contribution in [1.29, 1.82) is 0 Å². The average molecular weight is 518 g/mol. The Balaban J connectivity index is 1.52.